The number of ketones is 1. The Balaban J connectivity index is 1.68. The highest BCUT2D eigenvalue weighted by Crippen LogP contribution is 2.24. The van der Waals surface area contributed by atoms with Crippen molar-refractivity contribution in [2.24, 2.45) is 5.92 Å². The lowest BCUT2D eigenvalue weighted by Gasteiger charge is -2.12. The molecular formula is C32H41NO5. The highest BCUT2D eigenvalue weighted by atomic mass is 16.5. The van der Waals surface area contributed by atoms with Crippen molar-refractivity contribution in [3.05, 3.63) is 88.2 Å². The number of hydrogen-bond donors (Lipinski definition) is 0. The highest BCUT2D eigenvalue weighted by Gasteiger charge is 2.20. The van der Waals surface area contributed by atoms with Crippen LogP contribution < -0.4 is 4.74 Å². The van der Waals surface area contributed by atoms with E-state index in [1.807, 2.05) is 41.8 Å². The Morgan fingerprint density at radius 2 is 1.63 bits per heavy atom. The van der Waals surface area contributed by atoms with Gasteiger partial charge in [-0.15, -0.1) is 0 Å². The molecular weight excluding hydrogens is 478 g/mol. The van der Waals surface area contributed by atoms with Crippen LogP contribution in [0, 0.1) is 5.92 Å². The Morgan fingerprint density at radius 1 is 0.947 bits per heavy atom. The summed E-state index contributed by atoms with van der Waals surface area (Å²) < 4.78 is 18.5. The smallest absolute Gasteiger partial charge is 0.305 e. The van der Waals surface area contributed by atoms with Gasteiger partial charge in [-0.05, 0) is 80.0 Å². The molecule has 0 saturated heterocycles. The van der Waals surface area contributed by atoms with E-state index >= 15 is 0 Å². The molecule has 0 aliphatic heterocycles. The Hall–Kier alpha value is -3.38. The maximum Gasteiger partial charge on any atom is 0.305 e. The summed E-state index contributed by atoms with van der Waals surface area (Å²) in [5, 5.41) is 0. The summed E-state index contributed by atoms with van der Waals surface area (Å²) in [5.74, 6) is 1.12. The molecule has 3 rings (SSSR count). The van der Waals surface area contributed by atoms with E-state index in [2.05, 4.69) is 38.1 Å². The van der Waals surface area contributed by atoms with Crippen molar-refractivity contribution in [3.8, 4) is 5.75 Å². The first-order valence-electron chi connectivity index (χ1n) is 13.6. The number of carbonyl (C=O) groups is 2. The average Bonchev–Trinajstić information content (AvgIpc) is 3.25. The molecule has 38 heavy (non-hydrogen) atoms. The number of rotatable bonds is 15. The van der Waals surface area contributed by atoms with Gasteiger partial charge >= 0.3 is 5.97 Å². The summed E-state index contributed by atoms with van der Waals surface area (Å²) >= 11 is 0. The van der Waals surface area contributed by atoms with Gasteiger partial charge in [0.15, 0.2) is 5.78 Å². The van der Waals surface area contributed by atoms with E-state index in [0.717, 1.165) is 29.1 Å². The van der Waals surface area contributed by atoms with Crippen molar-refractivity contribution in [1.82, 2.24) is 4.57 Å². The van der Waals surface area contributed by atoms with E-state index < -0.39 is 0 Å². The summed E-state index contributed by atoms with van der Waals surface area (Å²) in [7, 11) is 1.64. The lowest BCUT2D eigenvalue weighted by Crippen LogP contribution is -2.11. The molecule has 0 fully saturated rings. The zero-order chi connectivity index (χ0) is 27.5. The predicted octanol–water partition coefficient (Wildman–Crippen LogP) is 6.55. The summed E-state index contributed by atoms with van der Waals surface area (Å²) in [6.45, 7) is 9.49. The van der Waals surface area contributed by atoms with Crippen LogP contribution >= 0.6 is 0 Å². The van der Waals surface area contributed by atoms with Gasteiger partial charge in [-0.2, -0.15) is 0 Å². The fourth-order valence-corrected chi connectivity index (χ4v) is 4.64. The number of aromatic nitrogens is 1. The molecule has 0 N–H and O–H groups in total. The third-order valence-corrected chi connectivity index (χ3v) is 6.44. The molecule has 6 heteroatoms. The van der Waals surface area contributed by atoms with Crippen molar-refractivity contribution in [2.75, 3.05) is 13.7 Å². The number of esters is 1. The monoisotopic (exact) mass is 519 g/mol. The number of methoxy groups -OCH3 is 1. The van der Waals surface area contributed by atoms with Gasteiger partial charge in [-0.3, -0.25) is 9.59 Å². The fourth-order valence-electron chi connectivity index (χ4n) is 4.64. The minimum atomic E-state index is -0.199. The lowest BCUT2D eigenvalue weighted by atomic mass is 10.0. The summed E-state index contributed by atoms with van der Waals surface area (Å²) in [5.41, 5.74) is 5.64. The van der Waals surface area contributed by atoms with Crippen LogP contribution in [0.4, 0.5) is 0 Å². The Bertz CT molecular complexity index is 1180. The van der Waals surface area contributed by atoms with Gasteiger partial charge < -0.3 is 18.8 Å². The summed E-state index contributed by atoms with van der Waals surface area (Å²) in [6.07, 6.45) is 3.42. The largest absolute Gasteiger partial charge is 0.489 e. The second-order valence-electron chi connectivity index (χ2n) is 9.91. The number of carbonyl (C=O) groups excluding carboxylic acids is 2. The maximum atomic E-state index is 13.5. The van der Waals surface area contributed by atoms with Crippen molar-refractivity contribution in [1.29, 1.82) is 0 Å². The van der Waals surface area contributed by atoms with Gasteiger partial charge in [0.25, 0.3) is 0 Å². The first kappa shape index (κ1) is 29.2. The van der Waals surface area contributed by atoms with Gasteiger partial charge in [0.05, 0.1) is 6.61 Å². The third-order valence-electron chi connectivity index (χ3n) is 6.44. The topological polar surface area (TPSA) is 66.8 Å². The van der Waals surface area contributed by atoms with Gasteiger partial charge in [-0.25, -0.2) is 0 Å². The van der Waals surface area contributed by atoms with Crippen LogP contribution in [-0.2, 0) is 46.9 Å². The number of aryl methyl sites for hydroxylation is 1. The van der Waals surface area contributed by atoms with Crippen LogP contribution in [0.15, 0.2) is 54.6 Å². The van der Waals surface area contributed by atoms with Gasteiger partial charge in [0.1, 0.15) is 19.1 Å². The highest BCUT2D eigenvalue weighted by molar-refractivity contribution is 6.10. The number of ether oxygens (including phenoxy) is 3. The Morgan fingerprint density at radius 3 is 2.24 bits per heavy atom. The van der Waals surface area contributed by atoms with Gasteiger partial charge in [-0.1, -0.05) is 45.0 Å². The molecule has 0 amide bonds. The second-order valence-corrected chi connectivity index (χ2v) is 9.91. The Labute approximate surface area is 226 Å². The fraction of sp³-hybridized carbons (Fsp3) is 0.438. The van der Waals surface area contributed by atoms with Crippen molar-refractivity contribution in [2.45, 2.75) is 73.1 Å². The third kappa shape index (κ3) is 8.06. The number of hydrogen-bond acceptors (Lipinski definition) is 5. The van der Waals surface area contributed by atoms with Gasteiger partial charge in [0, 0.05) is 36.0 Å². The predicted molar refractivity (Wildman–Crippen MR) is 150 cm³/mol. The standard InChI is InChI=1S/C32H41NO5/c1-6-30-29(20-27(33(30)22-36-5)9-8-10-31(34)37-7-2)32(35)26-15-17-28(18-16-26)38-21-25-13-11-24(12-14-25)19-23(3)4/h11-18,20,23H,6-10,19,21-22H2,1-5H3. The average molecular weight is 520 g/mol. The molecule has 0 atom stereocenters. The van der Waals surface area contributed by atoms with E-state index in [0.29, 0.717) is 62.7 Å². The normalized spacial score (nSPS) is 11.1. The molecule has 0 saturated carbocycles. The zero-order valence-corrected chi connectivity index (χ0v) is 23.4. The van der Waals surface area contributed by atoms with Crippen molar-refractivity contribution < 1.29 is 23.8 Å². The molecule has 1 heterocycles. The summed E-state index contributed by atoms with van der Waals surface area (Å²) in [6, 6.07) is 17.8. The molecule has 1 aromatic heterocycles. The molecule has 0 unspecified atom stereocenters. The van der Waals surface area contributed by atoms with Crippen LogP contribution in [0.25, 0.3) is 0 Å². The molecule has 6 nitrogen and oxygen atoms in total. The molecule has 3 aromatic rings. The van der Waals surface area contributed by atoms with E-state index in [9.17, 15) is 9.59 Å². The van der Waals surface area contributed by atoms with Gasteiger partial charge in [0.2, 0.25) is 0 Å². The van der Waals surface area contributed by atoms with Crippen molar-refractivity contribution in [3.63, 3.8) is 0 Å². The Kier molecular flexibility index (Phi) is 11.2. The van der Waals surface area contributed by atoms with E-state index in [-0.39, 0.29) is 11.8 Å². The van der Waals surface area contributed by atoms with Crippen LogP contribution in [0.3, 0.4) is 0 Å². The number of benzene rings is 2. The quantitative estimate of drug-likeness (QED) is 0.168. The molecule has 0 aliphatic carbocycles. The molecule has 0 aliphatic rings. The minimum Gasteiger partial charge on any atom is -0.489 e. The molecule has 2 aromatic carbocycles. The SMILES string of the molecule is CCOC(=O)CCCc1cc(C(=O)c2ccc(OCc3ccc(CC(C)C)cc3)cc2)c(CC)n1COC. The number of nitrogens with zero attached hydrogens (tertiary/aromatic N) is 1. The molecule has 0 spiro atoms. The molecule has 0 radical (unpaired) electrons. The first-order chi connectivity index (χ1) is 18.4. The van der Waals surface area contributed by atoms with E-state index in [4.69, 9.17) is 14.2 Å². The lowest BCUT2D eigenvalue weighted by molar-refractivity contribution is -0.143. The van der Waals surface area contributed by atoms with E-state index in [1.54, 1.807) is 14.0 Å². The van der Waals surface area contributed by atoms with Crippen LogP contribution in [0.2, 0.25) is 0 Å². The zero-order valence-electron chi connectivity index (χ0n) is 23.4. The van der Waals surface area contributed by atoms with Crippen LogP contribution in [0.1, 0.15) is 79.0 Å². The van der Waals surface area contributed by atoms with Crippen molar-refractivity contribution >= 4 is 11.8 Å². The maximum absolute atomic E-state index is 13.5. The first-order valence-corrected chi connectivity index (χ1v) is 13.6. The second kappa shape index (κ2) is 14.5. The minimum absolute atomic E-state index is 0.0318. The van der Waals surface area contributed by atoms with Crippen LogP contribution in [-0.4, -0.2) is 30.0 Å². The molecule has 0 bridgehead atoms. The summed E-state index contributed by atoms with van der Waals surface area (Å²) in [4.78, 5) is 25.2. The van der Waals surface area contributed by atoms with E-state index in [1.165, 1.54) is 5.56 Å². The molecule has 204 valence electrons. The van der Waals surface area contributed by atoms with Crippen LogP contribution in [0.5, 0.6) is 5.75 Å².